The fraction of sp³-hybridized carbons (Fsp3) is 0.609. The number of allylic oxidation sites excluding steroid dienone is 3. The molecule has 0 saturated carbocycles. The Morgan fingerprint density at radius 3 is 2.72 bits per heavy atom. The van der Waals surface area contributed by atoms with Gasteiger partial charge in [-0.15, -0.1) is 0 Å². The van der Waals surface area contributed by atoms with Crippen LogP contribution in [0.25, 0.3) is 0 Å². The lowest BCUT2D eigenvalue weighted by molar-refractivity contribution is -0.154. The maximum Gasteiger partial charge on any atom is 0.307 e. The van der Waals surface area contributed by atoms with Gasteiger partial charge in [0.25, 0.3) is 0 Å². The molecule has 2 rings (SSSR count). The lowest BCUT2D eigenvalue weighted by Crippen LogP contribution is -2.36. The summed E-state index contributed by atoms with van der Waals surface area (Å²) in [4.78, 5) is 34.5. The van der Waals surface area contributed by atoms with E-state index in [1.54, 1.807) is 6.92 Å². The summed E-state index contributed by atoms with van der Waals surface area (Å²) >= 11 is 6.33. The first-order valence-electron chi connectivity index (χ1n) is 10.7. The van der Waals surface area contributed by atoms with Gasteiger partial charge >= 0.3 is 17.9 Å². The molecule has 0 aromatic rings. The van der Waals surface area contributed by atoms with Crippen molar-refractivity contribution in [3.63, 3.8) is 0 Å². The monoisotopic (exact) mass is 470 g/mol. The molecule has 2 aliphatic heterocycles. The highest BCUT2D eigenvalue weighted by Gasteiger charge is 2.41. The minimum atomic E-state index is -1.11. The quantitative estimate of drug-likeness (QED) is 0.447. The third-order valence-electron chi connectivity index (χ3n) is 5.28. The number of carbonyl (C=O) groups excluding carboxylic acids is 2. The molecule has 2 heterocycles. The van der Waals surface area contributed by atoms with Crippen molar-refractivity contribution in [2.45, 2.75) is 83.2 Å². The number of fused-ring (bicyclic) bond motifs is 2. The summed E-state index contributed by atoms with van der Waals surface area (Å²) in [5, 5.41) is 20.2. The van der Waals surface area contributed by atoms with E-state index in [4.69, 9.17) is 30.9 Å². The van der Waals surface area contributed by atoms with Gasteiger partial charge in [-0.25, -0.2) is 0 Å². The zero-order chi connectivity index (χ0) is 23.7. The standard InChI is InChI=1S/C23H31ClO8/c1-14(11-21(27)28)10-19(26)23-20-12-18(31-23)8-7-17(24)5-3-4-16(13-30-15(2)25)6-9-22(29)32-20/h4-5,10,18-20,23,26H,3,6-9,11-13H2,1-2H3,(H,27,28). The Labute approximate surface area is 192 Å². The lowest BCUT2D eigenvalue weighted by atomic mass is 10.0. The van der Waals surface area contributed by atoms with Crippen LogP contribution < -0.4 is 0 Å². The van der Waals surface area contributed by atoms with Crippen LogP contribution in [0.15, 0.2) is 34.4 Å². The second-order valence-corrected chi connectivity index (χ2v) is 8.61. The minimum absolute atomic E-state index is 0.0857. The van der Waals surface area contributed by atoms with Gasteiger partial charge in [-0.05, 0) is 38.2 Å². The number of aliphatic hydroxyl groups excluding tert-OH is 1. The number of carboxylic acids is 1. The molecule has 0 aromatic heterocycles. The molecule has 32 heavy (non-hydrogen) atoms. The van der Waals surface area contributed by atoms with Crippen LogP contribution in [0.3, 0.4) is 0 Å². The van der Waals surface area contributed by atoms with Gasteiger partial charge in [0.05, 0.1) is 12.5 Å². The van der Waals surface area contributed by atoms with Crippen LogP contribution in [0.5, 0.6) is 0 Å². The smallest absolute Gasteiger partial charge is 0.307 e. The van der Waals surface area contributed by atoms with E-state index >= 15 is 0 Å². The van der Waals surface area contributed by atoms with E-state index < -0.39 is 36.2 Å². The topological polar surface area (TPSA) is 119 Å². The van der Waals surface area contributed by atoms with Gasteiger partial charge in [-0.2, -0.15) is 0 Å². The average Bonchev–Trinajstić information content (AvgIpc) is 3.09. The van der Waals surface area contributed by atoms with Crippen molar-refractivity contribution in [3.05, 3.63) is 34.4 Å². The molecule has 0 spiro atoms. The van der Waals surface area contributed by atoms with Crippen LogP contribution in [0.4, 0.5) is 0 Å². The largest absolute Gasteiger partial charge is 0.481 e. The number of carboxylic acid groups (broad SMARTS) is 1. The fourth-order valence-corrected chi connectivity index (χ4v) is 3.91. The van der Waals surface area contributed by atoms with E-state index in [-0.39, 0.29) is 25.6 Å². The molecule has 4 unspecified atom stereocenters. The van der Waals surface area contributed by atoms with E-state index in [2.05, 4.69) is 0 Å². The van der Waals surface area contributed by atoms with Crippen LogP contribution >= 0.6 is 11.6 Å². The van der Waals surface area contributed by atoms with Crippen molar-refractivity contribution < 1.29 is 38.8 Å². The zero-order valence-corrected chi connectivity index (χ0v) is 19.2. The Hall–Kier alpha value is -2.16. The molecular weight excluding hydrogens is 440 g/mol. The number of hydrogen-bond acceptors (Lipinski definition) is 7. The van der Waals surface area contributed by atoms with Gasteiger partial charge in [0, 0.05) is 24.8 Å². The van der Waals surface area contributed by atoms with Gasteiger partial charge in [0.1, 0.15) is 24.9 Å². The maximum atomic E-state index is 12.5. The SMILES string of the molecule is CC(=O)OCC1=CCC=C(Cl)CCC2CC(OC(=O)CC1)C(C(O)C=C(C)CC(=O)O)O2. The number of ether oxygens (including phenoxy) is 3. The van der Waals surface area contributed by atoms with Gasteiger partial charge in [0.2, 0.25) is 0 Å². The molecular formula is C23H31ClO8. The number of halogens is 1. The lowest BCUT2D eigenvalue weighted by Gasteiger charge is -2.22. The van der Waals surface area contributed by atoms with Crippen molar-refractivity contribution in [2.24, 2.45) is 0 Å². The molecule has 9 heteroatoms. The summed E-state index contributed by atoms with van der Waals surface area (Å²) in [5.41, 5.74) is 1.28. The van der Waals surface area contributed by atoms with Crippen LogP contribution in [0.2, 0.25) is 0 Å². The van der Waals surface area contributed by atoms with Gasteiger partial charge in [0.15, 0.2) is 0 Å². The normalized spacial score (nSPS) is 26.3. The Kier molecular flexibility index (Phi) is 10.4. The minimum Gasteiger partial charge on any atom is -0.481 e. The first-order chi connectivity index (χ1) is 15.1. The number of hydrogen-bond donors (Lipinski definition) is 2. The molecule has 0 radical (unpaired) electrons. The molecule has 0 aliphatic carbocycles. The second-order valence-electron chi connectivity index (χ2n) is 8.13. The summed E-state index contributed by atoms with van der Waals surface area (Å²) in [7, 11) is 0. The van der Waals surface area contributed by atoms with E-state index in [0.717, 1.165) is 5.57 Å². The second kappa shape index (κ2) is 12.8. The summed E-state index contributed by atoms with van der Waals surface area (Å²) in [5.74, 6) is -1.84. The highest BCUT2D eigenvalue weighted by atomic mass is 35.5. The summed E-state index contributed by atoms with van der Waals surface area (Å²) in [6.07, 6.45) is 4.74. The van der Waals surface area contributed by atoms with E-state index in [0.29, 0.717) is 42.7 Å². The Balaban J connectivity index is 2.15. The summed E-state index contributed by atoms with van der Waals surface area (Å²) in [6, 6.07) is 0. The van der Waals surface area contributed by atoms with E-state index in [9.17, 15) is 19.5 Å². The molecule has 2 aliphatic rings. The number of esters is 2. The molecule has 0 aromatic carbocycles. The molecule has 1 fully saturated rings. The first-order valence-corrected chi connectivity index (χ1v) is 11.1. The van der Waals surface area contributed by atoms with Crippen molar-refractivity contribution in [1.82, 2.24) is 0 Å². The predicted octanol–water partition coefficient (Wildman–Crippen LogP) is 3.41. The Bertz CT molecular complexity index is 785. The molecule has 178 valence electrons. The van der Waals surface area contributed by atoms with Crippen LogP contribution in [0, 0.1) is 0 Å². The Morgan fingerprint density at radius 1 is 1.28 bits per heavy atom. The van der Waals surface area contributed by atoms with E-state index in [1.165, 1.54) is 13.0 Å². The van der Waals surface area contributed by atoms with Crippen molar-refractivity contribution in [1.29, 1.82) is 0 Å². The molecule has 4 atom stereocenters. The average molecular weight is 471 g/mol. The number of carbonyl (C=O) groups is 3. The summed E-state index contributed by atoms with van der Waals surface area (Å²) < 4.78 is 16.7. The van der Waals surface area contributed by atoms with E-state index in [1.807, 2.05) is 12.2 Å². The zero-order valence-electron chi connectivity index (χ0n) is 18.4. The first kappa shape index (κ1) is 26.1. The van der Waals surface area contributed by atoms with Crippen LogP contribution in [0.1, 0.15) is 58.8 Å². The van der Waals surface area contributed by atoms with Gasteiger partial charge in [-0.1, -0.05) is 35.4 Å². The predicted molar refractivity (Wildman–Crippen MR) is 117 cm³/mol. The highest BCUT2D eigenvalue weighted by molar-refractivity contribution is 6.29. The molecule has 1 saturated heterocycles. The fourth-order valence-electron chi connectivity index (χ4n) is 3.72. The number of aliphatic carboxylic acids is 1. The van der Waals surface area contributed by atoms with Gasteiger partial charge in [-0.3, -0.25) is 14.4 Å². The maximum absolute atomic E-state index is 12.5. The van der Waals surface area contributed by atoms with Crippen LogP contribution in [-0.2, 0) is 28.6 Å². The van der Waals surface area contributed by atoms with Crippen LogP contribution in [-0.4, -0.2) is 59.1 Å². The van der Waals surface area contributed by atoms with Crippen molar-refractivity contribution >= 4 is 29.5 Å². The highest BCUT2D eigenvalue weighted by Crippen LogP contribution is 2.31. The molecule has 8 nitrogen and oxygen atoms in total. The van der Waals surface area contributed by atoms with Crippen molar-refractivity contribution in [3.8, 4) is 0 Å². The number of rotatable bonds is 6. The Morgan fingerprint density at radius 2 is 2.03 bits per heavy atom. The third kappa shape index (κ3) is 9.14. The van der Waals surface area contributed by atoms with Gasteiger partial charge < -0.3 is 24.4 Å². The third-order valence-corrected chi connectivity index (χ3v) is 5.62. The molecule has 0 amide bonds. The number of aliphatic hydroxyl groups is 1. The summed E-state index contributed by atoms with van der Waals surface area (Å²) in [6.45, 7) is 3.03. The van der Waals surface area contributed by atoms with Crippen molar-refractivity contribution in [2.75, 3.05) is 6.61 Å². The molecule has 2 bridgehead atoms. The molecule has 2 N–H and O–H groups in total.